The van der Waals surface area contributed by atoms with Crippen LogP contribution >= 0.6 is 11.8 Å². The molecular weight excluding hydrogens is 318 g/mol. The first-order valence-corrected chi connectivity index (χ1v) is 7.59. The highest BCUT2D eigenvalue weighted by Crippen LogP contribution is 2.30. The van der Waals surface area contributed by atoms with E-state index in [1.807, 2.05) is 29.6 Å². The number of benzene rings is 1. The number of carbonyl (C=O) groups is 2. The summed E-state index contributed by atoms with van der Waals surface area (Å²) in [5, 5.41) is 10.5. The zero-order valence-electron chi connectivity index (χ0n) is 12.1. The Hall–Kier alpha value is -2.81. The highest BCUT2D eigenvalue weighted by Gasteiger charge is 2.20. The van der Waals surface area contributed by atoms with Gasteiger partial charge < -0.3 is 15.1 Å². The van der Waals surface area contributed by atoms with E-state index < -0.39 is 17.2 Å². The van der Waals surface area contributed by atoms with Gasteiger partial charge in [0.15, 0.2) is 0 Å². The minimum atomic E-state index is -0.896. The minimum Gasteiger partial charge on any atom is -0.411 e. The van der Waals surface area contributed by atoms with Crippen LogP contribution in [0, 0.1) is 0 Å². The number of hydrogen-bond acceptors (Lipinski definition) is 6. The van der Waals surface area contributed by atoms with Gasteiger partial charge in [-0.25, -0.2) is 4.79 Å². The Kier molecular flexibility index (Phi) is 4.02. The van der Waals surface area contributed by atoms with Crippen molar-refractivity contribution in [2.24, 2.45) is 5.73 Å². The van der Waals surface area contributed by atoms with Crippen LogP contribution in [0.3, 0.4) is 0 Å². The largest absolute Gasteiger partial charge is 0.411 e. The fourth-order valence-corrected chi connectivity index (χ4v) is 2.73. The number of primary amides is 1. The van der Waals surface area contributed by atoms with Gasteiger partial charge in [0.1, 0.15) is 0 Å². The van der Waals surface area contributed by atoms with Crippen molar-refractivity contribution in [1.29, 1.82) is 0 Å². The van der Waals surface area contributed by atoms with Gasteiger partial charge in [-0.05, 0) is 13.0 Å². The van der Waals surface area contributed by atoms with Crippen molar-refractivity contribution < 1.29 is 14.0 Å². The van der Waals surface area contributed by atoms with Gasteiger partial charge in [0.05, 0.1) is 10.8 Å². The summed E-state index contributed by atoms with van der Waals surface area (Å²) in [6.45, 7) is 1.61. The minimum absolute atomic E-state index is 0.234. The van der Waals surface area contributed by atoms with Crippen LogP contribution in [0.1, 0.15) is 6.92 Å². The molecule has 1 aromatic carbocycles. The summed E-state index contributed by atoms with van der Waals surface area (Å²) in [4.78, 5) is 25.4. The molecule has 3 rings (SSSR count). The van der Waals surface area contributed by atoms with E-state index in [1.165, 1.54) is 0 Å². The summed E-state index contributed by atoms with van der Waals surface area (Å²) in [6, 6.07) is 6.84. The van der Waals surface area contributed by atoms with Crippen LogP contribution in [0.5, 0.6) is 0 Å². The van der Waals surface area contributed by atoms with Crippen molar-refractivity contribution in [3.8, 4) is 11.5 Å². The van der Waals surface area contributed by atoms with E-state index in [0.717, 1.165) is 28.2 Å². The van der Waals surface area contributed by atoms with Crippen molar-refractivity contribution in [2.75, 3.05) is 0 Å². The fraction of sp³-hybridized carbons (Fsp3) is 0.143. The van der Waals surface area contributed by atoms with Crippen LogP contribution in [0.25, 0.3) is 22.4 Å². The average Bonchev–Trinajstić information content (AvgIpc) is 3.12. The van der Waals surface area contributed by atoms with Gasteiger partial charge in [0, 0.05) is 17.1 Å². The number of hydrogen-bond donors (Lipinski definition) is 3. The van der Waals surface area contributed by atoms with Crippen molar-refractivity contribution in [3.63, 3.8) is 0 Å². The third-order valence-corrected chi connectivity index (χ3v) is 4.05. The monoisotopic (exact) mass is 331 g/mol. The number of rotatable bonds is 4. The maximum absolute atomic E-state index is 11.6. The number of thioether (sulfide) groups is 1. The zero-order valence-corrected chi connectivity index (χ0v) is 12.9. The Morgan fingerprint density at radius 2 is 2.13 bits per heavy atom. The summed E-state index contributed by atoms with van der Waals surface area (Å²) < 4.78 is 5.59. The van der Waals surface area contributed by atoms with Gasteiger partial charge >= 0.3 is 6.03 Å². The number of imide groups is 1. The first-order valence-electron chi connectivity index (χ1n) is 6.71. The molecule has 3 amide bonds. The number of nitrogens with two attached hydrogens (primary N) is 1. The highest BCUT2D eigenvalue weighted by molar-refractivity contribution is 8.00. The van der Waals surface area contributed by atoms with Crippen LogP contribution in [0.15, 0.2) is 40.1 Å². The molecule has 0 aliphatic rings. The molecule has 0 fully saturated rings. The Labute approximate surface area is 134 Å². The topological polar surface area (TPSA) is 127 Å². The summed E-state index contributed by atoms with van der Waals surface area (Å²) in [7, 11) is 0. The lowest BCUT2D eigenvalue weighted by Crippen LogP contribution is -2.39. The molecule has 118 valence electrons. The highest BCUT2D eigenvalue weighted by atomic mass is 32.2. The molecule has 0 spiro atoms. The number of amides is 3. The molecule has 0 saturated heterocycles. The lowest BCUT2D eigenvalue weighted by atomic mass is 10.2. The number of carbonyl (C=O) groups excluding carboxylic acids is 2. The molecule has 0 bridgehead atoms. The third-order valence-electron chi connectivity index (χ3n) is 3.12. The number of nitrogens with one attached hydrogen (secondary N) is 2. The second-order valence-electron chi connectivity index (χ2n) is 4.73. The molecule has 4 N–H and O–H groups in total. The normalized spacial score (nSPS) is 12.2. The summed E-state index contributed by atoms with van der Waals surface area (Å²) >= 11 is 1.05. The lowest BCUT2D eigenvalue weighted by molar-refractivity contribution is -0.119. The molecule has 0 saturated carbocycles. The van der Waals surface area contributed by atoms with E-state index >= 15 is 0 Å². The van der Waals surface area contributed by atoms with Crippen molar-refractivity contribution in [3.05, 3.63) is 30.5 Å². The predicted molar refractivity (Wildman–Crippen MR) is 84.6 cm³/mol. The molecule has 3 aromatic rings. The van der Waals surface area contributed by atoms with Crippen LogP contribution in [-0.4, -0.2) is 32.4 Å². The number of aromatic nitrogens is 3. The maximum Gasteiger partial charge on any atom is 0.318 e. The summed E-state index contributed by atoms with van der Waals surface area (Å²) in [6.07, 6.45) is 1.79. The lowest BCUT2D eigenvalue weighted by Gasteiger charge is -2.06. The van der Waals surface area contributed by atoms with Crippen molar-refractivity contribution in [1.82, 2.24) is 20.5 Å². The second kappa shape index (κ2) is 6.13. The van der Waals surface area contributed by atoms with Gasteiger partial charge in [0.2, 0.25) is 5.91 Å². The van der Waals surface area contributed by atoms with E-state index in [9.17, 15) is 9.59 Å². The van der Waals surface area contributed by atoms with E-state index in [0.29, 0.717) is 5.89 Å². The molecule has 0 aliphatic heterocycles. The van der Waals surface area contributed by atoms with Crippen LogP contribution in [0.2, 0.25) is 0 Å². The molecular formula is C14H13N5O3S. The third kappa shape index (κ3) is 3.19. The SMILES string of the molecule is CC(Sc1nnc(-c2c[nH]c3ccccc23)o1)C(=O)NC(N)=O. The number of para-hydroxylation sites is 1. The van der Waals surface area contributed by atoms with E-state index in [-0.39, 0.29) is 5.22 Å². The van der Waals surface area contributed by atoms with Gasteiger partial charge in [-0.3, -0.25) is 10.1 Å². The van der Waals surface area contributed by atoms with Gasteiger partial charge in [-0.2, -0.15) is 0 Å². The first-order chi connectivity index (χ1) is 11.0. The van der Waals surface area contributed by atoms with E-state index in [2.05, 4.69) is 15.2 Å². The molecule has 1 unspecified atom stereocenters. The van der Waals surface area contributed by atoms with Gasteiger partial charge in [-0.1, -0.05) is 30.0 Å². The standard InChI is InChI=1S/C14H13N5O3S/c1-7(11(20)17-13(15)21)23-14-19-18-12(22-14)9-6-16-10-5-3-2-4-8(9)10/h2-7,16H,1H3,(H3,15,17,20,21). The second-order valence-corrected chi connectivity index (χ2v) is 6.03. The molecule has 0 aliphatic carbocycles. The van der Waals surface area contributed by atoms with Crippen molar-refractivity contribution >= 4 is 34.6 Å². The molecule has 2 heterocycles. The number of H-pyrrole nitrogens is 1. The number of urea groups is 1. The van der Waals surface area contributed by atoms with Crippen LogP contribution < -0.4 is 11.1 Å². The smallest absolute Gasteiger partial charge is 0.318 e. The van der Waals surface area contributed by atoms with Gasteiger partial charge in [-0.15, -0.1) is 10.2 Å². The fourth-order valence-electron chi connectivity index (χ4n) is 2.04. The molecule has 1 atom stereocenters. The Bertz CT molecular complexity index is 872. The van der Waals surface area contributed by atoms with Crippen LogP contribution in [0.4, 0.5) is 4.79 Å². The molecule has 23 heavy (non-hydrogen) atoms. The molecule has 0 radical (unpaired) electrons. The molecule has 8 nitrogen and oxygen atoms in total. The maximum atomic E-state index is 11.6. The molecule has 2 aromatic heterocycles. The predicted octanol–water partition coefficient (Wildman–Crippen LogP) is 1.89. The number of fused-ring (bicyclic) bond motifs is 1. The van der Waals surface area contributed by atoms with E-state index in [1.54, 1.807) is 13.1 Å². The number of nitrogens with zero attached hydrogens (tertiary/aromatic N) is 2. The van der Waals surface area contributed by atoms with Gasteiger partial charge in [0.25, 0.3) is 11.1 Å². The van der Waals surface area contributed by atoms with Crippen molar-refractivity contribution in [2.45, 2.75) is 17.4 Å². The quantitative estimate of drug-likeness (QED) is 0.627. The average molecular weight is 331 g/mol. The first kappa shape index (κ1) is 15.1. The number of aromatic amines is 1. The summed E-state index contributed by atoms with van der Waals surface area (Å²) in [5.74, 6) is -0.165. The molecule has 9 heteroatoms. The van der Waals surface area contributed by atoms with Crippen LogP contribution in [-0.2, 0) is 4.79 Å². The van der Waals surface area contributed by atoms with E-state index in [4.69, 9.17) is 10.2 Å². The summed E-state index contributed by atoms with van der Waals surface area (Å²) in [5.41, 5.74) is 6.66. The Morgan fingerprint density at radius 3 is 2.91 bits per heavy atom. The zero-order chi connectivity index (χ0) is 16.4. The Morgan fingerprint density at radius 1 is 1.35 bits per heavy atom. The Balaban J connectivity index is 1.78.